The number of benzene rings is 2. The number of phenols is 1. The molecule has 0 atom stereocenters. The molecule has 114 valence electrons. The van der Waals surface area contributed by atoms with Crippen molar-refractivity contribution in [3.8, 4) is 11.5 Å². The minimum atomic E-state index is 0.199. The van der Waals surface area contributed by atoms with Gasteiger partial charge in [-0.15, -0.1) is 0 Å². The lowest BCUT2D eigenvalue weighted by molar-refractivity contribution is 0.291. The number of nitrogens with zero attached hydrogens (tertiary/aromatic N) is 1. The van der Waals surface area contributed by atoms with Crippen LogP contribution in [0.25, 0.3) is 10.9 Å². The lowest BCUT2D eigenvalue weighted by Gasteiger charge is -2.15. The van der Waals surface area contributed by atoms with E-state index in [2.05, 4.69) is 30.5 Å². The van der Waals surface area contributed by atoms with Crippen LogP contribution in [-0.4, -0.2) is 9.67 Å². The van der Waals surface area contributed by atoms with Crippen molar-refractivity contribution >= 4 is 22.5 Å². The molecule has 1 heterocycles. The highest BCUT2D eigenvalue weighted by atomic mass is 35.5. The molecule has 3 aromatic rings. The van der Waals surface area contributed by atoms with Gasteiger partial charge in [0.2, 0.25) is 0 Å². The molecule has 0 radical (unpaired) electrons. The molecule has 0 aliphatic carbocycles. The van der Waals surface area contributed by atoms with Crippen LogP contribution in [0.2, 0.25) is 5.02 Å². The molecule has 0 saturated heterocycles. The molecule has 0 amide bonds. The monoisotopic (exact) mass is 315 g/mol. The van der Waals surface area contributed by atoms with Gasteiger partial charge < -0.3 is 14.4 Å². The average Bonchev–Trinajstić information content (AvgIpc) is 2.85. The highest BCUT2D eigenvalue weighted by molar-refractivity contribution is 6.35. The molecule has 3 rings (SSSR count). The largest absolute Gasteiger partial charge is 0.508 e. The topological polar surface area (TPSA) is 34.4 Å². The minimum absolute atomic E-state index is 0.199. The van der Waals surface area contributed by atoms with E-state index in [9.17, 15) is 5.11 Å². The third-order valence-corrected chi connectivity index (χ3v) is 3.96. The van der Waals surface area contributed by atoms with Gasteiger partial charge in [0.1, 0.15) is 18.1 Å². The van der Waals surface area contributed by atoms with E-state index >= 15 is 0 Å². The summed E-state index contributed by atoms with van der Waals surface area (Å²) in [6, 6.07) is 15.1. The molecule has 22 heavy (non-hydrogen) atoms. The third-order valence-electron chi connectivity index (χ3n) is 3.63. The number of hydrogen-bond acceptors (Lipinski definition) is 2. The van der Waals surface area contributed by atoms with Crippen molar-refractivity contribution < 1.29 is 9.84 Å². The van der Waals surface area contributed by atoms with E-state index in [0.717, 1.165) is 21.6 Å². The quantitative estimate of drug-likeness (QED) is 0.721. The normalized spacial score (nSPS) is 11.3. The second-order valence-electron chi connectivity index (χ2n) is 5.56. The number of ether oxygens (including phenoxy) is 1. The summed E-state index contributed by atoms with van der Waals surface area (Å²) in [6.45, 7) is 4.70. The number of halogens is 1. The maximum absolute atomic E-state index is 9.50. The Morgan fingerprint density at radius 2 is 1.91 bits per heavy atom. The molecule has 1 N–H and O–H groups in total. The maximum atomic E-state index is 9.50. The van der Waals surface area contributed by atoms with Crippen molar-refractivity contribution in [2.24, 2.45) is 0 Å². The van der Waals surface area contributed by atoms with Crippen molar-refractivity contribution in [3.05, 3.63) is 59.2 Å². The summed E-state index contributed by atoms with van der Waals surface area (Å²) in [5, 5.41) is 11.3. The fourth-order valence-corrected chi connectivity index (χ4v) is 2.95. The highest BCUT2D eigenvalue weighted by Crippen LogP contribution is 2.30. The number of aromatic nitrogens is 1. The average molecular weight is 316 g/mol. The van der Waals surface area contributed by atoms with Crippen LogP contribution in [0.4, 0.5) is 0 Å². The van der Waals surface area contributed by atoms with E-state index in [4.69, 9.17) is 16.3 Å². The molecular weight excluding hydrogens is 298 g/mol. The van der Waals surface area contributed by atoms with Gasteiger partial charge >= 0.3 is 0 Å². The molecular formula is C18H18ClNO2. The molecule has 4 heteroatoms. The lowest BCUT2D eigenvalue weighted by atomic mass is 10.2. The highest BCUT2D eigenvalue weighted by Gasteiger charge is 2.13. The Bertz CT molecular complexity index is 808. The second kappa shape index (κ2) is 5.93. The van der Waals surface area contributed by atoms with Crippen LogP contribution in [0.3, 0.4) is 0 Å². The SMILES string of the molecule is CC(C)n1c(COc2cccc(O)c2)cc2c(Cl)cccc21. The number of hydrogen-bond donors (Lipinski definition) is 1. The third kappa shape index (κ3) is 2.77. The first-order valence-electron chi connectivity index (χ1n) is 7.26. The van der Waals surface area contributed by atoms with Crippen LogP contribution >= 0.6 is 11.6 Å². The number of fused-ring (bicyclic) bond motifs is 1. The summed E-state index contributed by atoms with van der Waals surface area (Å²) in [6.07, 6.45) is 0. The van der Waals surface area contributed by atoms with Gasteiger partial charge in [0.05, 0.1) is 11.2 Å². The van der Waals surface area contributed by atoms with Gasteiger partial charge in [-0.2, -0.15) is 0 Å². The summed E-state index contributed by atoms with van der Waals surface area (Å²) in [4.78, 5) is 0. The van der Waals surface area contributed by atoms with Crippen molar-refractivity contribution in [1.29, 1.82) is 0 Å². The Kier molecular flexibility index (Phi) is 3.99. The van der Waals surface area contributed by atoms with Gasteiger partial charge in [0, 0.05) is 22.5 Å². The smallest absolute Gasteiger partial charge is 0.128 e. The Morgan fingerprint density at radius 1 is 1.14 bits per heavy atom. The Morgan fingerprint density at radius 3 is 2.64 bits per heavy atom. The van der Waals surface area contributed by atoms with E-state index in [1.165, 1.54) is 0 Å². The molecule has 0 unspecified atom stereocenters. The fraction of sp³-hybridized carbons (Fsp3) is 0.222. The number of rotatable bonds is 4. The predicted octanol–water partition coefficient (Wildman–Crippen LogP) is 5.16. The zero-order valence-electron chi connectivity index (χ0n) is 12.6. The predicted molar refractivity (Wildman–Crippen MR) is 89.8 cm³/mol. The van der Waals surface area contributed by atoms with Crippen LogP contribution in [0.5, 0.6) is 11.5 Å². The molecule has 0 fully saturated rings. The molecule has 0 aliphatic heterocycles. The van der Waals surface area contributed by atoms with Crippen LogP contribution in [0, 0.1) is 0 Å². The van der Waals surface area contributed by atoms with E-state index < -0.39 is 0 Å². The Labute approximate surface area is 134 Å². The van der Waals surface area contributed by atoms with E-state index in [0.29, 0.717) is 18.4 Å². The van der Waals surface area contributed by atoms with Gasteiger partial charge in [-0.25, -0.2) is 0 Å². The zero-order valence-corrected chi connectivity index (χ0v) is 13.3. The number of phenolic OH excluding ortho intramolecular Hbond substituents is 1. The van der Waals surface area contributed by atoms with Gasteiger partial charge in [-0.05, 0) is 44.2 Å². The standard InChI is InChI=1S/C18H18ClNO2/c1-12(2)20-13(9-16-17(19)7-4-8-18(16)20)11-22-15-6-3-5-14(21)10-15/h3-10,12,21H,11H2,1-2H3. The van der Waals surface area contributed by atoms with Gasteiger partial charge in [-0.1, -0.05) is 23.7 Å². The van der Waals surface area contributed by atoms with E-state index in [-0.39, 0.29) is 5.75 Å². The summed E-state index contributed by atoms with van der Waals surface area (Å²) in [5.74, 6) is 0.844. The van der Waals surface area contributed by atoms with Crippen LogP contribution in [0.15, 0.2) is 48.5 Å². The van der Waals surface area contributed by atoms with Gasteiger partial charge in [-0.3, -0.25) is 0 Å². The van der Waals surface area contributed by atoms with Crippen molar-refractivity contribution in [2.75, 3.05) is 0 Å². The van der Waals surface area contributed by atoms with Crippen LogP contribution in [0.1, 0.15) is 25.6 Å². The first kappa shape index (κ1) is 14.8. The molecule has 2 aromatic carbocycles. The first-order chi connectivity index (χ1) is 10.6. The molecule has 0 saturated carbocycles. The molecule has 0 aliphatic rings. The molecule has 3 nitrogen and oxygen atoms in total. The molecule has 1 aromatic heterocycles. The first-order valence-corrected chi connectivity index (χ1v) is 7.64. The van der Waals surface area contributed by atoms with Gasteiger partial charge in [0.15, 0.2) is 0 Å². The summed E-state index contributed by atoms with van der Waals surface area (Å²) < 4.78 is 8.04. The Hall–Kier alpha value is -2.13. The van der Waals surface area contributed by atoms with E-state index in [1.807, 2.05) is 18.2 Å². The minimum Gasteiger partial charge on any atom is -0.508 e. The number of aromatic hydroxyl groups is 1. The molecule has 0 bridgehead atoms. The maximum Gasteiger partial charge on any atom is 0.128 e. The van der Waals surface area contributed by atoms with E-state index in [1.54, 1.807) is 18.2 Å². The molecule has 0 spiro atoms. The zero-order chi connectivity index (χ0) is 15.7. The van der Waals surface area contributed by atoms with Crippen molar-refractivity contribution in [2.45, 2.75) is 26.5 Å². The van der Waals surface area contributed by atoms with Crippen LogP contribution in [-0.2, 0) is 6.61 Å². The van der Waals surface area contributed by atoms with Crippen LogP contribution < -0.4 is 4.74 Å². The fourth-order valence-electron chi connectivity index (χ4n) is 2.72. The summed E-state index contributed by atoms with van der Waals surface area (Å²) in [5.41, 5.74) is 2.17. The Balaban J connectivity index is 1.96. The second-order valence-corrected chi connectivity index (χ2v) is 5.97. The summed E-state index contributed by atoms with van der Waals surface area (Å²) >= 11 is 6.30. The van der Waals surface area contributed by atoms with Crippen molar-refractivity contribution in [3.63, 3.8) is 0 Å². The van der Waals surface area contributed by atoms with Gasteiger partial charge in [0.25, 0.3) is 0 Å². The van der Waals surface area contributed by atoms with Crippen molar-refractivity contribution in [1.82, 2.24) is 4.57 Å². The lowest BCUT2D eigenvalue weighted by Crippen LogP contribution is -2.08. The summed E-state index contributed by atoms with van der Waals surface area (Å²) in [7, 11) is 0.